The molecule has 0 spiro atoms. The summed E-state index contributed by atoms with van der Waals surface area (Å²) in [5.74, 6) is -0.414. The summed E-state index contributed by atoms with van der Waals surface area (Å²) in [4.78, 5) is 12.0. The molecule has 1 rings (SSSR count). The normalized spacial score (nSPS) is 13.3. The molecule has 0 N–H and O–H groups in total. The Morgan fingerprint density at radius 1 is 1.40 bits per heavy atom. The van der Waals surface area contributed by atoms with Gasteiger partial charge in [0, 0.05) is 19.1 Å². The third-order valence-corrected chi connectivity index (χ3v) is 3.03. The highest BCUT2D eigenvalue weighted by Gasteiger charge is 2.31. The number of hydrogen-bond donors (Lipinski definition) is 0. The maximum atomic E-state index is 12.0. The van der Waals surface area contributed by atoms with Crippen molar-refractivity contribution in [3.63, 3.8) is 0 Å². The maximum Gasteiger partial charge on any atom is 0.360 e. The zero-order valence-electron chi connectivity index (χ0n) is 13.3. The topological polar surface area (TPSA) is 66.2 Å². The van der Waals surface area contributed by atoms with Gasteiger partial charge < -0.3 is 9.47 Å². The van der Waals surface area contributed by atoms with Gasteiger partial charge in [0.25, 0.3) is 0 Å². The molecule has 1 heterocycles. The number of aromatic nitrogens is 3. The minimum Gasteiger partial charge on any atom is -0.461 e. The van der Waals surface area contributed by atoms with Gasteiger partial charge in [0.05, 0.1) is 18.3 Å². The molecular formula is C14H25N3O3. The van der Waals surface area contributed by atoms with Crippen molar-refractivity contribution in [1.29, 1.82) is 0 Å². The van der Waals surface area contributed by atoms with Crippen LogP contribution in [-0.4, -0.2) is 41.3 Å². The van der Waals surface area contributed by atoms with Crippen molar-refractivity contribution in [2.75, 3.05) is 20.3 Å². The van der Waals surface area contributed by atoms with E-state index < -0.39 is 5.97 Å². The van der Waals surface area contributed by atoms with E-state index in [2.05, 4.69) is 10.3 Å². The van der Waals surface area contributed by atoms with Crippen LogP contribution in [0, 0.1) is 0 Å². The van der Waals surface area contributed by atoms with E-state index in [9.17, 15) is 4.79 Å². The molecule has 0 radical (unpaired) electrons. The van der Waals surface area contributed by atoms with Crippen molar-refractivity contribution in [3.8, 4) is 0 Å². The molecule has 0 aliphatic rings. The molecule has 6 nitrogen and oxygen atoms in total. The monoisotopic (exact) mass is 283 g/mol. The molecule has 0 fully saturated rings. The lowest BCUT2D eigenvalue weighted by Gasteiger charge is -2.23. The van der Waals surface area contributed by atoms with E-state index in [4.69, 9.17) is 9.47 Å². The Kier molecular flexibility index (Phi) is 5.68. The molecule has 0 saturated carbocycles. The van der Waals surface area contributed by atoms with E-state index in [0.717, 1.165) is 12.1 Å². The fraction of sp³-hybridized carbons (Fsp3) is 0.786. The zero-order chi connectivity index (χ0) is 15.3. The Morgan fingerprint density at radius 2 is 2.05 bits per heavy atom. The summed E-state index contributed by atoms with van der Waals surface area (Å²) in [6, 6.07) is 0.111. The lowest BCUT2D eigenvalue weighted by Crippen LogP contribution is -2.24. The third kappa shape index (κ3) is 3.79. The summed E-state index contributed by atoms with van der Waals surface area (Å²) >= 11 is 0. The van der Waals surface area contributed by atoms with Crippen LogP contribution in [0.5, 0.6) is 0 Å². The van der Waals surface area contributed by atoms with E-state index in [1.54, 1.807) is 14.0 Å². The number of carbonyl (C=O) groups excluding carboxylic acids is 1. The van der Waals surface area contributed by atoms with Gasteiger partial charge in [-0.05, 0) is 20.3 Å². The summed E-state index contributed by atoms with van der Waals surface area (Å²) in [6.45, 7) is 10.9. The van der Waals surface area contributed by atoms with Crippen molar-refractivity contribution in [2.24, 2.45) is 0 Å². The summed E-state index contributed by atoms with van der Waals surface area (Å²) in [7, 11) is 1.67. The number of carbonyl (C=O) groups is 1. The largest absolute Gasteiger partial charge is 0.461 e. The van der Waals surface area contributed by atoms with Crippen molar-refractivity contribution < 1.29 is 14.3 Å². The van der Waals surface area contributed by atoms with Crippen LogP contribution in [0.25, 0.3) is 0 Å². The molecule has 1 aromatic heterocycles. The smallest absolute Gasteiger partial charge is 0.360 e. The predicted octanol–water partition coefficient (Wildman–Crippen LogP) is 2.35. The number of rotatable bonds is 6. The molecule has 0 aromatic carbocycles. The standard InChI is InChI=1S/C14H25N3O3/c1-7-20-13(18)11-12(14(3,4)5)17(16-15-11)10(2)8-9-19-6/h10H,7-9H2,1-6H3. The fourth-order valence-corrected chi connectivity index (χ4v) is 2.05. The molecule has 6 heteroatoms. The fourth-order valence-electron chi connectivity index (χ4n) is 2.05. The number of hydrogen-bond acceptors (Lipinski definition) is 5. The molecule has 20 heavy (non-hydrogen) atoms. The van der Waals surface area contributed by atoms with Crippen molar-refractivity contribution in [3.05, 3.63) is 11.4 Å². The first-order valence-corrected chi connectivity index (χ1v) is 6.94. The first kappa shape index (κ1) is 16.6. The van der Waals surface area contributed by atoms with E-state index in [1.807, 2.05) is 32.4 Å². The second-order valence-electron chi connectivity index (χ2n) is 5.83. The highest BCUT2D eigenvalue weighted by Crippen LogP contribution is 2.28. The highest BCUT2D eigenvalue weighted by molar-refractivity contribution is 5.88. The van der Waals surface area contributed by atoms with E-state index in [-0.39, 0.29) is 11.5 Å². The van der Waals surface area contributed by atoms with Crippen LogP contribution in [0.15, 0.2) is 0 Å². The first-order chi connectivity index (χ1) is 9.32. The number of nitrogens with zero attached hydrogens (tertiary/aromatic N) is 3. The van der Waals surface area contributed by atoms with Gasteiger partial charge in [-0.2, -0.15) is 0 Å². The van der Waals surface area contributed by atoms with Crippen LogP contribution in [0.2, 0.25) is 0 Å². The van der Waals surface area contributed by atoms with Crippen molar-refractivity contribution in [1.82, 2.24) is 15.0 Å². The Morgan fingerprint density at radius 3 is 2.55 bits per heavy atom. The molecule has 1 aromatic rings. The average molecular weight is 283 g/mol. The van der Waals surface area contributed by atoms with E-state index in [1.165, 1.54) is 0 Å². The van der Waals surface area contributed by atoms with Crippen LogP contribution >= 0.6 is 0 Å². The van der Waals surface area contributed by atoms with Gasteiger partial charge in [0.1, 0.15) is 0 Å². The van der Waals surface area contributed by atoms with Gasteiger partial charge in [-0.3, -0.25) is 0 Å². The van der Waals surface area contributed by atoms with E-state index in [0.29, 0.717) is 18.9 Å². The summed E-state index contributed by atoms with van der Waals surface area (Å²) in [5, 5.41) is 8.18. The maximum absolute atomic E-state index is 12.0. The van der Waals surface area contributed by atoms with Gasteiger partial charge in [0.15, 0.2) is 5.69 Å². The Labute approximate surface area is 120 Å². The van der Waals surface area contributed by atoms with Crippen LogP contribution in [0.1, 0.15) is 63.3 Å². The Hall–Kier alpha value is -1.43. The van der Waals surface area contributed by atoms with E-state index >= 15 is 0 Å². The molecule has 0 bridgehead atoms. The second kappa shape index (κ2) is 6.83. The van der Waals surface area contributed by atoms with Gasteiger partial charge >= 0.3 is 5.97 Å². The minimum absolute atomic E-state index is 0.111. The van der Waals surface area contributed by atoms with Crippen LogP contribution in [-0.2, 0) is 14.9 Å². The summed E-state index contributed by atoms with van der Waals surface area (Å²) in [5.41, 5.74) is 0.871. The molecule has 1 atom stereocenters. The number of ether oxygens (including phenoxy) is 2. The second-order valence-corrected chi connectivity index (χ2v) is 5.83. The Bertz CT molecular complexity index is 449. The first-order valence-electron chi connectivity index (χ1n) is 6.94. The molecule has 0 amide bonds. The van der Waals surface area contributed by atoms with Crippen LogP contribution in [0.3, 0.4) is 0 Å². The Balaban J connectivity index is 3.16. The lowest BCUT2D eigenvalue weighted by molar-refractivity contribution is 0.0516. The predicted molar refractivity (Wildman–Crippen MR) is 75.9 cm³/mol. The molecule has 1 unspecified atom stereocenters. The van der Waals surface area contributed by atoms with Gasteiger partial charge in [-0.15, -0.1) is 5.10 Å². The van der Waals surface area contributed by atoms with Crippen molar-refractivity contribution in [2.45, 2.75) is 52.5 Å². The summed E-state index contributed by atoms with van der Waals surface area (Å²) < 4.78 is 12.0. The van der Waals surface area contributed by atoms with Gasteiger partial charge in [0.2, 0.25) is 0 Å². The molecule has 0 aliphatic heterocycles. The molecule has 114 valence electrons. The van der Waals surface area contributed by atoms with Crippen LogP contribution < -0.4 is 0 Å². The van der Waals surface area contributed by atoms with Crippen LogP contribution in [0.4, 0.5) is 0 Å². The minimum atomic E-state index is -0.414. The number of methoxy groups -OCH3 is 1. The van der Waals surface area contributed by atoms with Crippen molar-refractivity contribution >= 4 is 5.97 Å². The molecular weight excluding hydrogens is 258 g/mol. The third-order valence-electron chi connectivity index (χ3n) is 3.03. The zero-order valence-corrected chi connectivity index (χ0v) is 13.3. The van der Waals surface area contributed by atoms with Gasteiger partial charge in [-0.1, -0.05) is 26.0 Å². The summed E-state index contributed by atoms with van der Waals surface area (Å²) in [6.07, 6.45) is 0.811. The SMILES string of the molecule is CCOC(=O)c1nnn(C(C)CCOC)c1C(C)(C)C. The lowest BCUT2D eigenvalue weighted by atomic mass is 9.90. The average Bonchev–Trinajstić information content (AvgIpc) is 2.80. The molecule has 0 aliphatic carbocycles. The highest BCUT2D eigenvalue weighted by atomic mass is 16.5. The van der Waals surface area contributed by atoms with Gasteiger partial charge in [-0.25, -0.2) is 9.48 Å². The quantitative estimate of drug-likeness (QED) is 0.750. The number of esters is 1. The molecule has 0 saturated heterocycles.